The Hall–Kier alpha value is -1.02. The van der Waals surface area contributed by atoms with Crippen molar-refractivity contribution in [1.82, 2.24) is 0 Å². The van der Waals surface area contributed by atoms with E-state index in [1.54, 1.807) is 0 Å². The minimum absolute atomic E-state index is 0.158. The molecular weight excluding hydrogens is 140 g/mol. The Labute approximate surface area is 61.5 Å². The van der Waals surface area contributed by atoms with Gasteiger partial charge < -0.3 is 0 Å². The maximum Gasteiger partial charge on any atom is 0.155 e. The number of carbonyl (C=O) groups excluding carboxylic acids is 1. The molecule has 1 aromatic heterocycles. The quantitative estimate of drug-likeness (QED) is 0.459. The second-order valence-corrected chi connectivity index (χ2v) is 4.00. The Morgan fingerprint density at radius 1 is 1.30 bits per heavy atom. The van der Waals surface area contributed by atoms with Crippen LogP contribution in [0.4, 0.5) is 0 Å². The van der Waals surface area contributed by atoms with Gasteiger partial charge in [-0.2, -0.15) is 0 Å². The monoisotopic (exact) mass is 148 g/mol. The summed E-state index contributed by atoms with van der Waals surface area (Å²) >= 11 is 0. The fourth-order valence-electron chi connectivity index (χ4n) is 0.720. The molecule has 1 heterocycles. The molecule has 50 valence electrons. The van der Waals surface area contributed by atoms with Crippen molar-refractivity contribution in [2.24, 2.45) is 0 Å². The minimum atomic E-state index is -1.03. The first-order valence-electron chi connectivity index (χ1n) is 3.06. The summed E-state index contributed by atoms with van der Waals surface area (Å²) in [6, 6.07) is 5.75. The van der Waals surface area contributed by atoms with Gasteiger partial charge in [0.1, 0.15) is 8.40 Å². The summed E-state index contributed by atoms with van der Waals surface area (Å²) < 4.78 is 0. The highest BCUT2D eigenvalue weighted by Gasteiger charge is 1.97. The molecule has 1 nitrogen and oxygen atoms in total. The first-order chi connectivity index (χ1) is 4.84. The lowest BCUT2D eigenvalue weighted by Crippen LogP contribution is -2.06. The van der Waals surface area contributed by atoms with Crippen LogP contribution < -0.4 is 0 Å². The molecule has 10 heavy (non-hydrogen) atoms. The van der Waals surface area contributed by atoms with Gasteiger partial charge in [-0.15, -0.1) is 0 Å². The maximum atomic E-state index is 11.0. The average Bonchev–Trinajstić information content (AvgIpc) is 2.05. The van der Waals surface area contributed by atoms with Crippen molar-refractivity contribution in [2.45, 2.75) is 0 Å². The molecule has 1 rings (SSSR count). The van der Waals surface area contributed by atoms with Gasteiger partial charge in [0, 0.05) is 0 Å². The van der Waals surface area contributed by atoms with Crippen molar-refractivity contribution in [2.75, 3.05) is 0 Å². The molecule has 0 saturated carbocycles. The number of hydrogen-bond acceptors (Lipinski definition) is 1. The van der Waals surface area contributed by atoms with Crippen molar-refractivity contribution in [1.29, 1.82) is 0 Å². The molecule has 0 radical (unpaired) electrons. The minimum Gasteiger partial charge on any atom is -0.296 e. The summed E-state index contributed by atoms with van der Waals surface area (Å²) in [5.41, 5.74) is 3.91. The summed E-state index contributed by atoms with van der Waals surface area (Å²) in [4.78, 5) is 11.0. The Morgan fingerprint density at radius 2 is 1.90 bits per heavy atom. The van der Waals surface area contributed by atoms with Crippen molar-refractivity contribution >= 4 is 13.8 Å². The van der Waals surface area contributed by atoms with Crippen LogP contribution in [0, 0.1) is 0 Å². The Morgan fingerprint density at radius 3 is 2.40 bits per heavy atom. The van der Waals surface area contributed by atoms with Crippen molar-refractivity contribution in [3.63, 3.8) is 0 Å². The predicted molar refractivity (Wildman–Crippen MR) is 43.2 cm³/mol. The third-order valence-corrected chi connectivity index (χ3v) is 3.12. The first kappa shape index (κ1) is 7.09. The average molecular weight is 148 g/mol. The molecule has 0 aliphatic carbocycles. The topological polar surface area (TPSA) is 17.1 Å². The van der Waals surface area contributed by atoms with E-state index >= 15 is 0 Å². The third-order valence-electron chi connectivity index (χ3n) is 1.24. The molecule has 0 saturated heterocycles. The molecule has 0 unspecified atom stereocenters. The number of hydrogen-bond donors (Lipinski definition) is 0. The first-order valence-corrected chi connectivity index (χ1v) is 4.72. The molecule has 0 fully saturated rings. The van der Waals surface area contributed by atoms with E-state index in [1.807, 2.05) is 29.6 Å². The van der Waals surface area contributed by atoms with Crippen LogP contribution in [0.2, 0.25) is 0 Å². The molecule has 0 aliphatic heterocycles. The van der Waals surface area contributed by atoms with E-state index in [1.165, 1.54) is 6.08 Å². The van der Waals surface area contributed by atoms with Crippen LogP contribution in [0.15, 0.2) is 42.2 Å². The summed E-state index contributed by atoms with van der Waals surface area (Å²) in [5.74, 6) is 0. The summed E-state index contributed by atoms with van der Waals surface area (Å²) in [7, 11) is -1.03. The highest BCUT2D eigenvalue weighted by atomic mass is 28.2. The van der Waals surface area contributed by atoms with Crippen LogP contribution in [0.1, 0.15) is 4.79 Å². The lowest BCUT2D eigenvalue weighted by Gasteiger charge is -1.89. The number of rotatable bonds is 2. The van der Waals surface area contributed by atoms with Crippen molar-refractivity contribution < 1.29 is 4.79 Å². The van der Waals surface area contributed by atoms with E-state index in [0.717, 1.165) is 0 Å². The van der Waals surface area contributed by atoms with Crippen LogP contribution in [0.25, 0.3) is 0 Å². The lowest BCUT2D eigenvalue weighted by atomic mass is 10.6. The van der Waals surface area contributed by atoms with Crippen LogP contribution in [-0.4, -0.2) is 13.8 Å². The largest absolute Gasteiger partial charge is 0.296 e. The molecule has 0 N–H and O–H groups in total. The number of allylic oxidation sites excluding steroid dienone is 1. The smallest absolute Gasteiger partial charge is 0.155 e. The molecule has 0 atom stereocenters. The normalized spacial score (nSPS) is 8.80. The van der Waals surface area contributed by atoms with Gasteiger partial charge in [-0.1, -0.05) is 36.1 Å². The lowest BCUT2D eigenvalue weighted by molar-refractivity contribution is 0.108. The summed E-state index contributed by atoms with van der Waals surface area (Å²) in [6.45, 7) is 3.43. The van der Waals surface area contributed by atoms with E-state index in [-0.39, 0.29) is 5.41 Å². The van der Waals surface area contributed by atoms with E-state index < -0.39 is 8.40 Å². The molecule has 2 heteroatoms. The van der Waals surface area contributed by atoms with Crippen LogP contribution in [0.5, 0.6) is 0 Å². The SMILES string of the molecule is C=CC(=O)[si]1ccccc1. The highest BCUT2D eigenvalue weighted by molar-refractivity contribution is 6.85. The molecule has 0 aliphatic rings. The van der Waals surface area contributed by atoms with Gasteiger partial charge in [-0.25, -0.2) is 0 Å². The molecule has 0 amide bonds. The zero-order chi connectivity index (χ0) is 7.40. The molecule has 0 bridgehead atoms. The van der Waals surface area contributed by atoms with Gasteiger partial charge in [0.25, 0.3) is 0 Å². The predicted octanol–water partition coefficient (Wildman–Crippen LogP) is 1.54. The van der Waals surface area contributed by atoms with E-state index in [9.17, 15) is 4.79 Å². The van der Waals surface area contributed by atoms with E-state index in [2.05, 4.69) is 6.58 Å². The van der Waals surface area contributed by atoms with E-state index in [0.29, 0.717) is 0 Å². The molecular formula is C8H8OSi. The molecule has 0 aromatic carbocycles. The molecule has 1 aromatic rings. The fraction of sp³-hybridized carbons (Fsp3) is 0. The van der Waals surface area contributed by atoms with Crippen LogP contribution in [-0.2, 0) is 0 Å². The summed E-state index contributed by atoms with van der Waals surface area (Å²) in [5, 5.41) is 0.158. The second kappa shape index (κ2) is 3.22. The van der Waals surface area contributed by atoms with Crippen molar-refractivity contribution in [3.8, 4) is 0 Å². The summed E-state index contributed by atoms with van der Waals surface area (Å²) in [6.07, 6.45) is 1.40. The van der Waals surface area contributed by atoms with Gasteiger partial charge in [0.15, 0.2) is 5.41 Å². The molecule has 0 spiro atoms. The van der Waals surface area contributed by atoms with Gasteiger partial charge in [0.2, 0.25) is 0 Å². The zero-order valence-corrected chi connectivity index (χ0v) is 6.58. The van der Waals surface area contributed by atoms with Gasteiger partial charge in [0.05, 0.1) is 0 Å². The van der Waals surface area contributed by atoms with Gasteiger partial charge >= 0.3 is 0 Å². The Kier molecular flexibility index (Phi) is 2.28. The highest BCUT2D eigenvalue weighted by Crippen LogP contribution is 1.87. The maximum absolute atomic E-state index is 11.0. The van der Waals surface area contributed by atoms with Crippen LogP contribution >= 0.6 is 0 Å². The Bertz CT molecular complexity index is 241. The van der Waals surface area contributed by atoms with Gasteiger partial charge in [-0.05, 0) is 6.08 Å². The standard InChI is InChI=1S/C8H8OSi/c1-2-8(9)10-6-4-3-5-7-10/h2-7H,1H2. The third kappa shape index (κ3) is 1.48. The van der Waals surface area contributed by atoms with Crippen LogP contribution in [0.3, 0.4) is 0 Å². The zero-order valence-electron chi connectivity index (χ0n) is 5.58. The Balaban J connectivity index is 2.95. The van der Waals surface area contributed by atoms with Crippen molar-refractivity contribution in [3.05, 3.63) is 42.2 Å². The number of carbonyl (C=O) groups is 1. The second-order valence-electron chi connectivity index (χ2n) is 1.93. The fourth-order valence-corrected chi connectivity index (χ4v) is 2.03. The van der Waals surface area contributed by atoms with E-state index in [4.69, 9.17) is 0 Å². The van der Waals surface area contributed by atoms with Gasteiger partial charge in [-0.3, -0.25) is 4.79 Å².